The van der Waals surface area contributed by atoms with Gasteiger partial charge < -0.3 is 24.8 Å². The molecule has 0 spiro atoms. The molecule has 0 saturated heterocycles. The normalized spacial score (nSPS) is 8.74. The largest absolute Gasteiger partial charge is 0.511 e. The van der Waals surface area contributed by atoms with Gasteiger partial charge in [0, 0.05) is 0 Å². The molecule has 0 atom stereocenters. The van der Waals surface area contributed by atoms with E-state index in [1.807, 2.05) is 6.07 Å². The average molecular weight is 370 g/mol. The second kappa shape index (κ2) is 12.4. The van der Waals surface area contributed by atoms with Crippen LogP contribution in [-0.2, 0) is 0 Å². The number of ether oxygens (including phenoxy) is 2. The molecule has 3 rings (SSSR count). The Morgan fingerprint density at radius 3 is 1.07 bits per heavy atom. The molecule has 3 aromatic rings. The Bertz CT molecular complexity index is 739. The van der Waals surface area contributed by atoms with E-state index >= 15 is 0 Å². The molecule has 0 heterocycles. The molecule has 0 unspecified atom stereocenters. The lowest BCUT2D eigenvalue weighted by atomic mass is 10.3. The highest BCUT2D eigenvalue weighted by molar-refractivity contribution is 5.61. The maximum atomic E-state index is 9.95. The average Bonchev–Trinajstić information content (AvgIpc) is 2.64. The summed E-state index contributed by atoms with van der Waals surface area (Å²) >= 11 is 0. The number of rotatable bonds is 2. The van der Waals surface area contributed by atoms with Gasteiger partial charge in [-0.2, -0.15) is 0 Å². The third-order valence-electron chi connectivity index (χ3n) is 2.65. The second-order valence-electron chi connectivity index (χ2n) is 4.70. The first kappa shape index (κ1) is 21.0. The van der Waals surface area contributed by atoms with Crippen molar-refractivity contribution >= 4 is 12.3 Å². The fourth-order valence-electron chi connectivity index (χ4n) is 1.61. The molecule has 0 aliphatic carbocycles. The lowest BCUT2D eigenvalue weighted by molar-refractivity contribution is 0.143. The van der Waals surface area contributed by atoms with Crippen LogP contribution >= 0.6 is 0 Å². The van der Waals surface area contributed by atoms with Gasteiger partial charge in [-0.3, -0.25) is 0 Å². The molecule has 0 aromatic heterocycles. The van der Waals surface area contributed by atoms with Crippen molar-refractivity contribution in [2.45, 2.75) is 0 Å². The molecule has 0 amide bonds. The Labute approximate surface area is 155 Å². The molecular weight excluding hydrogens is 352 g/mol. The number of aromatic hydroxyl groups is 1. The first-order chi connectivity index (χ1) is 13.0. The molecule has 27 heavy (non-hydrogen) atoms. The Kier molecular flexibility index (Phi) is 9.64. The summed E-state index contributed by atoms with van der Waals surface area (Å²) in [6.07, 6.45) is -2.57. The molecule has 0 radical (unpaired) electrons. The molecule has 7 nitrogen and oxygen atoms in total. The van der Waals surface area contributed by atoms with Crippen LogP contribution in [0.4, 0.5) is 9.59 Å². The van der Waals surface area contributed by atoms with Crippen molar-refractivity contribution in [3.63, 3.8) is 0 Å². The van der Waals surface area contributed by atoms with E-state index in [9.17, 15) is 9.59 Å². The first-order valence-electron chi connectivity index (χ1n) is 7.63. The number of carbonyl (C=O) groups is 2. The lowest BCUT2D eigenvalue weighted by Crippen LogP contribution is -2.02. The maximum absolute atomic E-state index is 9.95. The predicted octanol–water partition coefficient (Wildman–Crippen LogP) is 4.88. The number of para-hydroxylation sites is 3. The third-order valence-corrected chi connectivity index (χ3v) is 2.65. The topological polar surface area (TPSA) is 113 Å². The maximum Gasteiger partial charge on any atom is 0.511 e. The minimum atomic E-state index is -1.29. The number of benzene rings is 3. The van der Waals surface area contributed by atoms with Gasteiger partial charge in [-0.15, -0.1) is 0 Å². The van der Waals surface area contributed by atoms with E-state index < -0.39 is 12.3 Å². The monoisotopic (exact) mass is 370 g/mol. The zero-order valence-corrected chi connectivity index (χ0v) is 14.1. The summed E-state index contributed by atoms with van der Waals surface area (Å²) < 4.78 is 8.66. The Hall–Kier alpha value is -4.00. The highest BCUT2D eigenvalue weighted by atomic mass is 16.7. The highest BCUT2D eigenvalue weighted by Gasteiger charge is 1.97. The van der Waals surface area contributed by atoms with Crippen molar-refractivity contribution in [2.24, 2.45) is 0 Å². The third kappa shape index (κ3) is 11.2. The van der Waals surface area contributed by atoms with Crippen LogP contribution in [0, 0.1) is 0 Å². The van der Waals surface area contributed by atoms with E-state index in [4.69, 9.17) is 15.3 Å². The van der Waals surface area contributed by atoms with E-state index in [0.717, 1.165) is 0 Å². The molecule has 0 fully saturated rings. The van der Waals surface area contributed by atoms with Gasteiger partial charge in [-0.05, 0) is 36.4 Å². The first-order valence-corrected chi connectivity index (χ1v) is 7.63. The summed E-state index contributed by atoms with van der Waals surface area (Å²) in [4.78, 5) is 19.9. The van der Waals surface area contributed by atoms with Crippen LogP contribution in [-0.4, -0.2) is 27.6 Å². The number of hydrogen-bond donors (Lipinski definition) is 3. The molecular formula is C20H18O7. The van der Waals surface area contributed by atoms with Gasteiger partial charge in [-0.1, -0.05) is 54.6 Å². The van der Waals surface area contributed by atoms with Crippen molar-refractivity contribution in [3.05, 3.63) is 91.0 Å². The number of hydrogen-bond acceptors (Lipinski definition) is 5. The molecule has 0 aliphatic heterocycles. The van der Waals surface area contributed by atoms with E-state index in [1.165, 1.54) is 0 Å². The summed E-state index contributed by atoms with van der Waals surface area (Å²) in [5.74, 6) is 1.01. The Morgan fingerprint density at radius 2 is 0.852 bits per heavy atom. The molecule has 140 valence electrons. The summed E-state index contributed by atoms with van der Waals surface area (Å²) in [6, 6.07) is 25.4. The van der Waals surface area contributed by atoms with Crippen molar-refractivity contribution in [1.82, 2.24) is 0 Å². The summed E-state index contributed by atoms with van der Waals surface area (Å²) in [5.41, 5.74) is 0. The quantitative estimate of drug-likeness (QED) is 0.435. The highest BCUT2D eigenvalue weighted by Crippen LogP contribution is 2.08. The molecule has 0 bridgehead atoms. The second-order valence-corrected chi connectivity index (χ2v) is 4.70. The predicted molar refractivity (Wildman–Crippen MR) is 98.3 cm³/mol. The molecule has 0 aliphatic rings. The van der Waals surface area contributed by atoms with E-state index in [-0.39, 0.29) is 0 Å². The van der Waals surface area contributed by atoms with Crippen molar-refractivity contribution in [3.8, 4) is 17.2 Å². The zero-order valence-electron chi connectivity index (χ0n) is 14.1. The van der Waals surface area contributed by atoms with Gasteiger partial charge in [0.15, 0.2) is 0 Å². The lowest BCUT2D eigenvalue weighted by Gasteiger charge is -1.95. The van der Waals surface area contributed by atoms with E-state index in [2.05, 4.69) is 9.47 Å². The fraction of sp³-hybridized carbons (Fsp3) is 0. The van der Waals surface area contributed by atoms with Crippen molar-refractivity contribution in [2.75, 3.05) is 0 Å². The molecule has 0 saturated carbocycles. The van der Waals surface area contributed by atoms with Gasteiger partial charge >= 0.3 is 12.3 Å². The Balaban J connectivity index is 0.000000206. The van der Waals surface area contributed by atoms with Crippen LogP contribution in [0.5, 0.6) is 17.2 Å². The fourth-order valence-corrected chi connectivity index (χ4v) is 1.61. The Morgan fingerprint density at radius 1 is 0.556 bits per heavy atom. The van der Waals surface area contributed by atoms with Crippen LogP contribution < -0.4 is 9.47 Å². The minimum absolute atomic E-state index is 0.322. The number of phenolic OH excluding ortho intramolecular Hbond substituents is 1. The van der Waals surface area contributed by atoms with Crippen LogP contribution in [0.25, 0.3) is 0 Å². The minimum Gasteiger partial charge on any atom is -0.508 e. The summed E-state index contributed by atoms with van der Waals surface area (Å²) in [6.45, 7) is 0. The van der Waals surface area contributed by atoms with Crippen LogP contribution in [0.1, 0.15) is 0 Å². The van der Waals surface area contributed by atoms with E-state index in [1.54, 1.807) is 84.9 Å². The van der Waals surface area contributed by atoms with Gasteiger partial charge in [0.25, 0.3) is 0 Å². The smallest absolute Gasteiger partial charge is 0.508 e. The molecule has 7 heteroatoms. The zero-order chi connectivity index (χ0) is 19.9. The van der Waals surface area contributed by atoms with Crippen molar-refractivity contribution < 1.29 is 34.4 Å². The van der Waals surface area contributed by atoms with Gasteiger partial charge in [0.05, 0.1) is 0 Å². The SMILES string of the molecule is O=C(O)Oc1ccccc1.O=C(O)Oc1ccccc1.Oc1ccccc1. The number of carboxylic acid groups (broad SMARTS) is 2. The van der Waals surface area contributed by atoms with Crippen LogP contribution in [0.2, 0.25) is 0 Å². The van der Waals surface area contributed by atoms with Crippen LogP contribution in [0.15, 0.2) is 91.0 Å². The summed E-state index contributed by atoms with van der Waals surface area (Å²) in [7, 11) is 0. The van der Waals surface area contributed by atoms with Crippen LogP contribution in [0.3, 0.4) is 0 Å². The standard InChI is InChI=1S/2C7H6O3.C6H6O/c2*8-7(9)10-6-4-2-1-3-5-6;7-6-4-2-1-3-5-6/h2*1-5H,(H,8,9);1-5,7H. The number of phenols is 1. The van der Waals surface area contributed by atoms with Crippen molar-refractivity contribution in [1.29, 1.82) is 0 Å². The van der Waals surface area contributed by atoms with Gasteiger partial charge in [-0.25, -0.2) is 9.59 Å². The van der Waals surface area contributed by atoms with Gasteiger partial charge in [0.2, 0.25) is 0 Å². The van der Waals surface area contributed by atoms with Gasteiger partial charge in [0.1, 0.15) is 17.2 Å². The molecule has 3 N–H and O–H groups in total. The summed E-state index contributed by atoms with van der Waals surface area (Å²) in [5, 5.41) is 24.9. The van der Waals surface area contributed by atoms with E-state index in [0.29, 0.717) is 17.2 Å². The molecule has 3 aromatic carbocycles.